The maximum Gasteiger partial charge on any atom is 0.297 e. The molecule has 1 aliphatic carbocycles. The Hall–Kier alpha value is -2.11. The molecule has 1 aromatic carbocycles. The average molecular weight is 387 g/mol. The standard InChI is InChI=1S/C15H21N3O7S/c1-15(19)4-2-9(3-5-15)7-17-12-10(18(20)21)6-11(26(16,22)23)13-14(12)25-8-24-13/h6,9,17,19H,2-5,7-8H2,1H3,(H2,16,22,23). The van der Waals surface area contributed by atoms with E-state index >= 15 is 0 Å². The van der Waals surface area contributed by atoms with Crippen molar-refractivity contribution in [3.63, 3.8) is 0 Å². The first-order valence-corrected chi connectivity index (χ1v) is 9.73. The van der Waals surface area contributed by atoms with E-state index in [1.165, 1.54) is 0 Å². The summed E-state index contributed by atoms with van der Waals surface area (Å²) in [7, 11) is -4.21. The lowest BCUT2D eigenvalue weighted by Gasteiger charge is -2.33. The van der Waals surface area contributed by atoms with Crippen molar-refractivity contribution < 1.29 is 27.9 Å². The van der Waals surface area contributed by atoms with E-state index in [1.807, 2.05) is 0 Å². The van der Waals surface area contributed by atoms with Gasteiger partial charge in [-0.25, -0.2) is 13.6 Å². The highest BCUT2D eigenvalue weighted by Gasteiger charge is 2.35. The van der Waals surface area contributed by atoms with Gasteiger partial charge in [-0.2, -0.15) is 0 Å². The van der Waals surface area contributed by atoms with E-state index in [4.69, 9.17) is 14.6 Å². The molecule has 0 saturated heterocycles. The quantitative estimate of drug-likeness (QED) is 0.505. The Morgan fingerprint density at radius 1 is 1.38 bits per heavy atom. The van der Waals surface area contributed by atoms with Crippen molar-refractivity contribution in [1.82, 2.24) is 0 Å². The molecule has 0 amide bonds. The van der Waals surface area contributed by atoms with E-state index in [1.54, 1.807) is 6.92 Å². The van der Waals surface area contributed by atoms with Gasteiger partial charge in [-0.15, -0.1) is 0 Å². The van der Waals surface area contributed by atoms with Crippen molar-refractivity contribution in [2.45, 2.75) is 43.1 Å². The summed E-state index contributed by atoms with van der Waals surface area (Å²) in [6.45, 7) is 1.98. The topological polar surface area (TPSA) is 154 Å². The van der Waals surface area contributed by atoms with Gasteiger partial charge in [0.25, 0.3) is 5.69 Å². The lowest BCUT2D eigenvalue weighted by molar-refractivity contribution is -0.384. The van der Waals surface area contributed by atoms with Crippen molar-refractivity contribution in [3.8, 4) is 11.5 Å². The Kier molecular flexibility index (Phi) is 4.71. The smallest absolute Gasteiger partial charge is 0.297 e. The zero-order chi connectivity index (χ0) is 19.1. The van der Waals surface area contributed by atoms with Crippen molar-refractivity contribution in [2.24, 2.45) is 11.1 Å². The monoisotopic (exact) mass is 387 g/mol. The number of nitro benzene ring substituents is 1. The SMILES string of the molecule is CC1(O)CCC(CNc2c([N+](=O)[O-])cc(S(N)(=O)=O)c3c2OCO3)CC1. The molecular formula is C15H21N3O7S. The Morgan fingerprint density at radius 2 is 2.00 bits per heavy atom. The molecule has 1 fully saturated rings. The molecule has 0 radical (unpaired) electrons. The Morgan fingerprint density at radius 3 is 2.58 bits per heavy atom. The number of ether oxygens (including phenoxy) is 2. The van der Waals surface area contributed by atoms with Gasteiger partial charge in [0, 0.05) is 12.6 Å². The number of rotatable bonds is 5. The van der Waals surface area contributed by atoms with E-state index in [0.29, 0.717) is 19.4 Å². The molecule has 4 N–H and O–H groups in total. The third-order valence-corrected chi connectivity index (χ3v) is 5.76. The van der Waals surface area contributed by atoms with E-state index in [0.717, 1.165) is 18.9 Å². The molecule has 10 nitrogen and oxygen atoms in total. The molecule has 3 rings (SSSR count). The van der Waals surface area contributed by atoms with Gasteiger partial charge >= 0.3 is 0 Å². The van der Waals surface area contributed by atoms with E-state index in [9.17, 15) is 23.6 Å². The molecule has 144 valence electrons. The maximum absolute atomic E-state index is 11.7. The lowest BCUT2D eigenvalue weighted by atomic mass is 9.80. The van der Waals surface area contributed by atoms with E-state index < -0.39 is 31.1 Å². The second kappa shape index (κ2) is 6.56. The summed E-state index contributed by atoms with van der Waals surface area (Å²) in [5.74, 6) is 0.0870. The van der Waals surface area contributed by atoms with Gasteiger partial charge in [-0.3, -0.25) is 10.1 Å². The first-order chi connectivity index (χ1) is 12.1. The van der Waals surface area contributed by atoms with Crippen molar-refractivity contribution in [1.29, 1.82) is 0 Å². The van der Waals surface area contributed by atoms with Crippen LogP contribution in [0.3, 0.4) is 0 Å². The van der Waals surface area contributed by atoms with Crippen LogP contribution in [0.4, 0.5) is 11.4 Å². The minimum atomic E-state index is -4.21. The molecule has 0 spiro atoms. The van der Waals surface area contributed by atoms with Crippen LogP contribution in [0.15, 0.2) is 11.0 Å². The largest absolute Gasteiger partial charge is 0.452 e. The number of sulfonamides is 1. The summed E-state index contributed by atoms with van der Waals surface area (Å²) in [6.07, 6.45) is 2.87. The average Bonchev–Trinajstić information content (AvgIpc) is 3.01. The van der Waals surface area contributed by atoms with Crippen LogP contribution in [0.25, 0.3) is 0 Å². The molecule has 0 aromatic heterocycles. The van der Waals surface area contributed by atoms with Crippen LogP contribution < -0.4 is 19.9 Å². The fourth-order valence-electron chi connectivity index (χ4n) is 3.30. The fraction of sp³-hybridized carbons (Fsp3) is 0.600. The van der Waals surface area contributed by atoms with Crippen LogP contribution in [-0.4, -0.2) is 37.4 Å². The number of aliphatic hydroxyl groups is 1. The zero-order valence-electron chi connectivity index (χ0n) is 14.2. The van der Waals surface area contributed by atoms with Gasteiger partial charge in [0.05, 0.1) is 10.5 Å². The first-order valence-electron chi connectivity index (χ1n) is 8.18. The van der Waals surface area contributed by atoms with Gasteiger partial charge in [-0.1, -0.05) is 0 Å². The number of fused-ring (bicyclic) bond motifs is 1. The number of anilines is 1. The third kappa shape index (κ3) is 3.69. The highest BCUT2D eigenvalue weighted by molar-refractivity contribution is 7.89. The molecule has 0 atom stereocenters. The summed E-state index contributed by atoms with van der Waals surface area (Å²) < 4.78 is 33.9. The van der Waals surface area contributed by atoms with Gasteiger partial charge in [0.15, 0.2) is 17.2 Å². The molecule has 2 aliphatic rings. The Balaban J connectivity index is 1.90. The molecule has 0 unspecified atom stereocenters. The maximum atomic E-state index is 11.7. The number of benzene rings is 1. The minimum absolute atomic E-state index is 0.0222. The van der Waals surface area contributed by atoms with Crippen LogP contribution in [0, 0.1) is 16.0 Å². The van der Waals surface area contributed by atoms with E-state index in [-0.39, 0.29) is 29.9 Å². The van der Waals surface area contributed by atoms with Gasteiger partial charge in [0.2, 0.25) is 16.8 Å². The molecule has 1 aromatic rings. The van der Waals surface area contributed by atoms with Crippen LogP contribution in [0.2, 0.25) is 0 Å². The van der Waals surface area contributed by atoms with Gasteiger partial charge in [-0.05, 0) is 38.5 Å². The van der Waals surface area contributed by atoms with Gasteiger partial charge in [0.1, 0.15) is 4.90 Å². The summed E-state index contributed by atoms with van der Waals surface area (Å²) in [4.78, 5) is 10.3. The normalized spacial score (nSPS) is 25.1. The first kappa shape index (κ1) is 18.7. The predicted octanol–water partition coefficient (Wildman–Crippen LogP) is 1.32. The highest BCUT2D eigenvalue weighted by Crippen LogP contribution is 2.49. The molecule has 1 heterocycles. The Bertz CT molecular complexity index is 828. The fourth-order valence-corrected chi connectivity index (χ4v) is 3.99. The summed E-state index contributed by atoms with van der Waals surface area (Å²) >= 11 is 0. The lowest BCUT2D eigenvalue weighted by Crippen LogP contribution is -2.32. The van der Waals surface area contributed by atoms with Crippen LogP contribution >= 0.6 is 0 Å². The molecular weight excluding hydrogens is 366 g/mol. The van der Waals surface area contributed by atoms with E-state index in [2.05, 4.69) is 5.32 Å². The van der Waals surface area contributed by atoms with Crippen molar-refractivity contribution in [2.75, 3.05) is 18.7 Å². The van der Waals surface area contributed by atoms with Crippen molar-refractivity contribution in [3.05, 3.63) is 16.2 Å². The molecule has 0 bridgehead atoms. The number of nitro groups is 1. The number of nitrogens with zero attached hydrogens (tertiary/aromatic N) is 1. The summed E-state index contributed by atoms with van der Waals surface area (Å²) in [6, 6.07) is 0.886. The molecule has 1 aliphatic heterocycles. The number of nitrogens with one attached hydrogen (secondary N) is 1. The number of hydrogen-bond acceptors (Lipinski definition) is 8. The summed E-state index contributed by atoms with van der Waals surface area (Å²) in [5, 5.41) is 29.6. The predicted molar refractivity (Wildman–Crippen MR) is 91.7 cm³/mol. The number of nitrogens with two attached hydrogens (primary N) is 1. The van der Waals surface area contributed by atoms with Crippen LogP contribution in [0.5, 0.6) is 11.5 Å². The second-order valence-corrected chi connectivity index (χ2v) is 8.49. The molecule has 1 saturated carbocycles. The Labute approximate surface area is 150 Å². The third-order valence-electron chi connectivity index (χ3n) is 4.84. The van der Waals surface area contributed by atoms with Crippen molar-refractivity contribution >= 4 is 21.4 Å². The highest BCUT2D eigenvalue weighted by atomic mass is 32.2. The van der Waals surface area contributed by atoms with Gasteiger partial charge < -0.3 is 19.9 Å². The molecule has 11 heteroatoms. The van der Waals surface area contributed by atoms with Crippen LogP contribution in [-0.2, 0) is 10.0 Å². The second-order valence-electron chi connectivity index (χ2n) is 6.96. The van der Waals surface area contributed by atoms with Crippen LogP contribution in [0.1, 0.15) is 32.6 Å². The number of hydrogen-bond donors (Lipinski definition) is 3. The zero-order valence-corrected chi connectivity index (χ0v) is 15.0. The summed E-state index contributed by atoms with van der Waals surface area (Å²) in [5.41, 5.74) is -1.04. The molecule has 26 heavy (non-hydrogen) atoms. The number of primary sulfonamides is 1. The minimum Gasteiger partial charge on any atom is -0.452 e.